The van der Waals surface area contributed by atoms with Gasteiger partial charge in [0.2, 0.25) is 0 Å². The van der Waals surface area contributed by atoms with E-state index in [-0.39, 0.29) is 27.7 Å². The molecule has 0 spiro atoms. The molecule has 1 unspecified atom stereocenters. The van der Waals surface area contributed by atoms with Crippen LogP contribution in [0.15, 0.2) is 64.8 Å². The molecule has 0 bridgehead atoms. The lowest BCUT2D eigenvalue weighted by molar-refractivity contribution is -0.132. The number of rotatable bonds is 5. The number of carbonyl (C=O) groups excluding carboxylic acids is 2. The van der Waals surface area contributed by atoms with Gasteiger partial charge in [0.15, 0.2) is 0 Å². The molecule has 1 fully saturated rings. The third-order valence-electron chi connectivity index (χ3n) is 5.26. The topological polar surface area (TPSA) is 113 Å². The van der Waals surface area contributed by atoms with Crippen LogP contribution in [0.1, 0.15) is 22.9 Å². The first-order valence-corrected chi connectivity index (χ1v) is 10.1. The molecule has 4 rings (SSSR count). The molecule has 1 N–H and O–H groups in total. The summed E-state index contributed by atoms with van der Waals surface area (Å²) in [7, 11) is 2.82. The van der Waals surface area contributed by atoms with E-state index < -0.39 is 23.5 Å². The molecule has 9 heteroatoms. The second-order valence-corrected chi connectivity index (χ2v) is 7.44. The van der Waals surface area contributed by atoms with Gasteiger partial charge >= 0.3 is 0 Å². The average molecular weight is 465 g/mol. The van der Waals surface area contributed by atoms with Crippen molar-refractivity contribution < 1.29 is 28.6 Å². The number of nitrogens with zero attached hydrogens (tertiary/aromatic N) is 2. The van der Waals surface area contributed by atoms with Crippen molar-refractivity contribution in [2.45, 2.75) is 6.04 Å². The van der Waals surface area contributed by atoms with Crippen molar-refractivity contribution in [1.29, 1.82) is 5.26 Å². The van der Waals surface area contributed by atoms with Crippen LogP contribution < -0.4 is 14.4 Å². The summed E-state index contributed by atoms with van der Waals surface area (Å²) in [6.45, 7) is 0. The van der Waals surface area contributed by atoms with Crippen molar-refractivity contribution in [3.63, 3.8) is 0 Å². The Kier molecular flexibility index (Phi) is 5.82. The summed E-state index contributed by atoms with van der Waals surface area (Å²) in [6.07, 6.45) is 1.40. The van der Waals surface area contributed by atoms with E-state index in [2.05, 4.69) is 0 Å². The Hall–Kier alpha value is -4.22. The fraction of sp³-hybridized carbons (Fsp3) is 0.125. The van der Waals surface area contributed by atoms with Gasteiger partial charge in [0.25, 0.3) is 11.7 Å². The summed E-state index contributed by atoms with van der Waals surface area (Å²) < 4.78 is 16.1. The molecule has 0 radical (unpaired) electrons. The minimum Gasteiger partial charge on any atom is -0.507 e. The monoisotopic (exact) mass is 464 g/mol. The second-order valence-electron chi connectivity index (χ2n) is 7.03. The molecular weight excluding hydrogens is 448 g/mol. The molecule has 2 heterocycles. The number of anilines is 1. The van der Waals surface area contributed by atoms with Crippen LogP contribution in [0, 0.1) is 11.3 Å². The number of methoxy groups -OCH3 is 2. The van der Waals surface area contributed by atoms with E-state index >= 15 is 0 Å². The number of amides is 1. The molecule has 8 nitrogen and oxygen atoms in total. The van der Waals surface area contributed by atoms with Gasteiger partial charge in [-0.25, -0.2) is 0 Å². The molecule has 2 aromatic carbocycles. The quantitative estimate of drug-likeness (QED) is 0.337. The molecule has 1 saturated heterocycles. The summed E-state index contributed by atoms with van der Waals surface area (Å²) in [5, 5.41) is 20.5. The molecule has 166 valence electrons. The van der Waals surface area contributed by atoms with Gasteiger partial charge in [0.1, 0.15) is 29.1 Å². The first-order chi connectivity index (χ1) is 15.9. The molecule has 1 aliphatic rings. The van der Waals surface area contributed by atoms with Crippen LogP contribution in [0.3, 0.4) is 0 Å². The van der Waals surface area contributed by atoms with E-state index in [1.165, 1.54) is 49.6 Å². The lowest BCUT2D eigenvalue weighted by Gasteiger charge is -2.23. The minimum absolute atomic E-state index is 0.109. The Morgan fingerprint density at radius 1 is 1.12 bits per heavy atom. The predicted molar refractivity (Wildman–Crippen MR) is 119 cm³/mol. The molecular formula is C24H17ClN2O6. The third-order valence-corrected chi connectivity index (χ3v) is 5.56. The van der Waals surface area contributed by atoms with E-state index in [1.54, 1.807) is 24.3 Å². The second kappa shape index (κ2) is 8.73. The van der Waals surface area contributed by atoms with E-state index in [1.807, 2.05) is 6.07 Å². The first kappa shape index (κ1) is 22.0. The highest BCUT2D eigenvalue weighted by Gasteiger charge is 2.48. The third kappa shape index (κ3) is 3.69. The highest BCUT2D eigenvalue weighted by atomic mass is 35.5. The molecule has 1 atom stereocenters. The summed E-state index contributed by atoms with van der Waals surface area (Å²) in [5.74, 6) is -1.48. The maximum atomic E-state index is 13.1. The fourth-order valence-corrected chi connectivity index (χ4v) is 3.94. The van der Waals surface area contributed by atoms with Gasteiger partial charge in [-0.15, -0.1) is 0 Å². The Labute approximate surface area is 193 Å². The number of hydrogen-bond acceptors (Lipinski definition) is 7. The highest BCUT2D eigenvalue weighted by molar-refractivity contribution is 6.51. The van der Waals surface area contributed by atoms with Crippen LogP contribution >= 0.6 is 11.6 Å². The zero-order valence-electron chi connectivity index (χ0n) is 17.5. The Bertz CT molecular complexity index is 1310. The number of carbonyl (C=O) groups is 2. The number of benzene rings is 2. The average Bonchev–Trinajstić information content (AvgIpc) is 3.45. The molecule has 1 aliphatic heterocycles. The normalized spacial score (nSPS) is 17.2. The van der Waals surface area contributed by atoms with Gasteiger partial charge in [0, 0.05) is 11.8 Å². The zero-order chi connectivity index (χ0) is 23.7. The van der Waals surface area contributed by atoms with Crippen molar-refractivity contribution in [1.82, 2.24) is 0 Å². The van der Waals surface area contributed by atoms with Gasteiger partial charge in [-0.3, -0.25) is 14.5 Å². The van der Waals surface area contributed by atoms with Gasteiger partial charge in [-0.1, -0.05) is 11.6 Å². The lowest BCUT2D eigenvalue weighted by Crippen LogP contribution is -2.29. The molecule has 1 aromatic heterocycles. The summed E-state index contributed by atoms with van der Waals surface area (Å²) >= 11 is 6.24. The van der Waals surface area contributed by atoms with Gasteiger partial charge in [-0.05, 0) is 42.5 Å². The van der Waals surface area contributed by atoms with Crippen LogP contribution in [0.4, 0.5) is 5.69 Å². The zero-order valence-corrected chi connectivity index (χ0v) is 18.3. The van der Waals surface area contributed by atoms with E-state index in [4.69, 9.17) is 30.8 Å². The van der Waals surface area contributed by atoms with Crippen LogP contribution in [0.2, 0.25) is 5.02 Å². The van der Waals surface area contributed by atoms with Crippen molar-refractivity contribution in [3.8, 4) is 17.6 Å². The van der Waals surface area contributed by atoms with Gasteiger partial charge < -0.3 is 19.0 Å². The fourth-order valence-electron chi connectivity index (χ4n) is 3.70. The largest absolute Gasteiger partial charge is 0.507 e. The number of halogens is 1. The number of ketones is 1. The highest BCUT2D eigenvalue weighted by Crippen LogP contribution is 2.44. The number of aliphatic hydroxyl groups excluding tert-OH is 1. The number of furan rings is 1. The predicted octanol–water partition coefficient (Wildman–Crippen LogP) is 4.45. The number of Topliss-reactive ketones (excluding diaryl/α,β-unsaturated/α-hetero) is 1. The summed E-state index contributed by atoms with van der Waals surface area (Å²) in [5.41, 5.74) is 0.662. The van der Waals surface area contributed by atoms with Crippen LogP contribution in [-0.4, -0.2) is 31.0 Å². The maximum absolute atomic E-state index is 13.1. The van der Waals surface area contributed by atoms with E-state index in [0.717, 1.165) is 0 Å². The van der Waals surface area contributed by atoms with Crippen molar-refractivity contribution >= 4 is 34.7 Å². The van der Waals surface area contributed by atoms with Crippen molar-refractivity contribution in [2.75, 3.05) is 19.1 Å². The Morgan fingerprint density at radius 2 is 1.82 bits per heavy atom. The van der Waals surface area contributed by atoms with Gasteiger partial charge in [0.05, 0.1) is 48.3 Å². The molecule has 0 aliphatic carbocycles. The van der Waals surface area contributed by atoms with Crippen molar-refractivity contribution in [2.24, 2.45) is 0 Å². The molecule has 3 aromatic rings. The first-order valence-electron chi connectivity index (χ1n) is 9.67. The number of ether oxygens (including phenoxy) is 2. The van der Waals surface area contributed by atoms with Crippen molar-refractivity contribution in [3.05, 3.63) is 82.3 Å². The van der Waals surface area contributed by atoms with Crippen LogP contribution in [0.25, 0.3) is 5.76 Å². The number of nitriles is 1. The number of aliphatic hydroxyl groups is 1. The Balaban J connectivity index is 1.94. The standard InChI is InChI=1S/C24H17ClN2O6/c1-31-18-11-19(32-2)16(25)10-15(18)22(28)20-21(17-4-3-9-33-17)27(24(30)23(20)29)14-7-5-13(12-26)6-8-14/h3-11,21,28H,1-2H3/b22-20-. The molecule has 1 amide bonds. The van der Waals surface area contributed by atoms with E-state index in [9.17, 15) is 14.7 Å². The SMILES string of the molecule is COc1cc(OC)c(/C(O)=C2/C(=O)C(=O)N(c3ccc(C#N)cc3)C2c2ccco2)cc1Cl. The smallest absolute Gasteiger partial charge is 0.300 e. The lowest BCUT2D eigenvalue weighted by atomic mass is 9.98. The minimum atomic E-state index is -1.06. The van der Waals surface area contributed by atoms with Gasteiger partial charge in [-0.2, -0.15) is 5.26 Å². The van der Waals surface area contributed by atoms with E-state index in [0.29, 0.717) is 17.0 Å². The maximum Gasteiger partial charge on any atom is 0.300 e. The number of hydrogen-bond donors (Lipinski definition) is 1. The van der Waals surface area contributed by atoms with Crippen LogP contribution in [0.5, 0.6) is 11.5 Å². The Morgan fingerprint density at radius 3 is 2.39 bits per heavy atom. The van der Waals surface area contributed by atoms with Crippen LogP contribution in [-0.2, 0) is 9.59 Å². The molecule has 0 saturated carbocycles. The molecule has 33 heavy (non-hydrogen) atoms. The summed E-state index contributed by atoms with van der Waals surface area (Å²) in [4.78, 5) is 27.4. The summed E-state index contributed by atoms with van der Waals surface area (Å²) in [6, 6.07) is 13.2.